The molecule has 0 radical (unpaired) electrons. The first-order valence-electron chi connectivity index (χ1n) is 3.29. The van der Waals surface area contributed by atoms with E-state index in [2.05, 4.69) is 0 Å². The molecule has 0 atom stereocenters. The molecular formula is C7H10NNaO3S. The number of hydrogen-bond acceptors (Lipinski definition) is 2. The van der Waals surface area contributed by atoms with Crippen molar-refractivity contribution < 1.29 is 44.0 Å². The Labute approximate surface area is 101 Å². The second-order valence-corrected chi connectivity index (χ2v) is 3.60. The molecule has 2 N–H and O–H groups in total. The zero-order valence-corrected chi connectivity index (χ0v) is 10.3. The molecule has 0 aliphatic rings. The molecule has 1 rings (SSSR count). The summed E-state index contributed by atoms with van der Waals surface area (Å²) in [7, 11) is -4.14. The minimum Gasteiger partial charge on any atom is -1.00 e. The van der Waals surface area contributed by atoms with Gasteiger partial charge in [-0.25, -0.2) is 0 Å². The molecule has 1 aromatic carbocycles. The SMILES string of the molecule is Cc1cccc(NS(=O)(=O)O)c1.[H-].[Na+]. The molecular weight excluding hydrogens is 201 g/mol. The Hall–Kier alpha value is -0.0700. The van der Waals surface area contributed by atoms with Gasteiger partial charge >= 0.3 is 39.9 Å². The van der Waals surface area contributed by atoms with Crippen molar-refractivity contribution in [1.29, 1.82) is 0 Å². The maximum atomic E-state index is 10.4. The quantitative estimate of drug-likeness (QED) is 0.454. The molecule has 0 heterocycles. The molecule has 0 aromatic heterocycles. The van der Waals surface area contributed by atoms with Gasteiger partial charge in [-0.05, 0) is 24.6 Å². The Kier molecular flexibility index (Phi) is 4.95. The molecule has 0 amide bonds. The smallest absolute Gasteiger partial charge is 1.00 e. The van der Waals surface area contributed by atoms with Gasteiger partial charge in [-0.3, -0.25) is 9.27 Å². The average molecular weight is 211 g/mol. The van der Waals surface area contributed by atoms with E-state index in [1.807, 2.05) is 17.7 Å². The number of benzene rings is 1. The van der Waals surface area contributed by atoms with Crippen molar-refractivity contribution in [2.24, 2.45) is 0 Å². The van der Waals surface area contributed by atoms with Crippen LogP contribution in [-0.4, -0.2) is 13.0 Å². The number of rotatable bonds is 2. The Morgan fingerprint density at radius 2 is 2.08 bits per heavy atom. The summed E-state index contributed by atoms with van der Waals surface area (Å²) in [6, 6.07) is 6.70. The summed E-state index contributed by atoms with van der Waals surface area (Å²) in [4.78, 5) is 0. The third-order valence-electron chi connectivity index (χ3n) is 1.26. The third-order valence-corrected chi connectivity index (χ3v) is 1.76. The summed E-state index contributed by atoms with van der Waals surface area (Å²) in [6.07, 6.45) is 0. The monoisotopic (exact) mass is 211 g/mol. The summed E-state index contributed by atoms with van der Waals surface area (Å²) in [5.74, 6) is 0. The molecule has 0 saturated carbocycles. The van der Waals surface area contributed by atoms with Crippen LogP contribution in [0.25, 0.3) is 0 Å². The molecule has 0 fully saturated rings. The van der Waals surface area contributed by atoms with Crippen molar-refractivity contribution in [3.05, 3.63) is 29.8 Å². The second-order valence-electron chi connectivity index (χ2n) is 2.45. The normalized spacial score (nSPS) is 10.3. The Bertz CT molecular complexity index is 382. The van der Waals surface area contributed by atoms with E-state index in [0.717, 1.165) is 5.56 Å². The summed E-state index contributed by atoms with van der Waals surface area (Å²) in [6.45, 7) is 1.83. The van der Waals surface area contributed by atoms with Crippen LogP contribution in [0.1, 0.15) is 6.99 Å². The van der Waals surface area contributed by atoms with Gasteiger partial charge < -0.3 is 1.43 Å². The van der Waals surface area contributed by atoms with Crippen LogP contribution in [0.3, 0.4) is 0 Å². The molecule has 1 aromatic rings. The van der Waals surface area contributed by atoms with Gasteiger partial charge in [-0.2, -0.15) is 8.42 Å². The molecule has 4 nitrogen and oxygen atoms in total. The molecule has 0 aliphatic heterocycles. The van der Waals surface area contributed by atoms with E-state index in [9.17, 15) is 8.42 Å². The predicted molar refractivity (Wildman–Crippen MR) is 47.5 cm³/mol. The van der Waals surface area contributed by atoms with Gasteiger partial charge in [0, 0.05) is 0 Å². The number of anilines is 1. The molecule has 0 saturated heterocycles. The first kappa shape index (κ1) is 12.9. The van der Waals surface area contributed by atoms with Gasteiger partial charge in [-0.15, -0.1) is 0 Å². The number of nitrogens with one attached hydrogen (secondary N) is 1. The van der Waals surface area contributed by atoms with Crippen LogP contribution in [0.4, 0.5) is 5.69 Å². The maximum absolute atomic E-state index is 10.4. The standard InChI is InChI=1S/C7H9NO3S.Na.H/c1-6-3-2-4-7(5-6)8-12(9,10)11;;/h2-5,8H,1H3,(H,9,10,11);;/q;+1;-1. The average Bonchev–Trinajstić information content (AvgIpc) is 1.82. The van der Waals surface area contributed by atoms with Crippen molar-refractivity contribution >= 4 is 16.0 Å². The predicted octanol–water partition coefficient (Wildman–Crippen LogP) is -1.67. The van der Waals surface area contributed by atoms with Crippen LogP contribution in [0.5, 0.6) is 0 Å². The van der Waals surface area contributed by atoms with E-state index in [1.165, 1.54) is 0 Å². The molecule has 68 valence electrons. The topological polar surface area (TPSA) is 66.4 Å². The minimum atomic E-state index is -4.14. The van der Waals surface area contributed by atoms with Crippen molar-refractivity contribution in [1.82, 2.24) is 0 Å². The van der Waals surface area contributed by atoms with E-state index in [-0.39, 0.29) is 31.0 Å². The molecule has 0 unspecified atom stereocenters. The zero-order valence-electron chi connectivity index (χ0n) is 8.48. The van der Waals surface area contributed by atoms with Gasteiger partial charge in [0.05, 0.1) is 5.69 Å². The van der Waals surface area contributed by atoms with E-state index < -0.39 is 10.3 Å². The summed E-state index contributed by atoms with van der Waals surface area (Å²) in [5.41, 5.74) is 1.28. The van der Waals surface area contributed by atoms with Crippen molar-refractivity contribution in [2.75, 3.05) is 4.72 Å². The van der Waals surface area contributed by atoms with Crippen molar-refractivity contribution in [3.63, 3.8) is 0 Å². The van der Waals surface area contributed by atoms with E-state index in [0.29, 0.717) is 5.69 Å². The summed E-state index contributed by atoms with van der Waals surface area (Å²) in [5, 5.41) is 0. The van der Waals surface area contributed by atoms with Gasteiger partial charge in [0.15, 0.2) is 0 Å². The van der Waals surface area contributed by atoms with Gasteiger partial charge in [0.25, 0.3) is 0 Å². The van der Waals surface area contributed by atoms with Crippen LogP contribution >= 0.6 is 0 Å². The Morgan fingerprint density at radius 1 is 1.46 bits per heavy atom. The second kappa shape index (κ2) is 4.97. The van der Waals surface area contributed by atoms with Crippen LogP contribution in [0.15, 0.2) is 24.3 Å². The summed E-state index contributed by atoms with van der Waals surface area (Å²) >= 11 is 0. The fourth-order valence-corrected chi connectivity index (χ4v) is 1.28. The van der Waals surface area contributed by atoms with Crippen molar-refractivity contribution in [3.8, 4) is 0 Å². The van der Waals surface area contributed by atoms with E-state index >= 15 is 0 Å². The largest absolute Gasteiger partial charge is 1.00 e. The zero-order chi connectivity index (χ0) is 9.19. The molecule has 0 spiro atoms. The fourth-order valence-electron chi connectivity index (χ4n) is 0.857. The molecule has 6 heteroatoms. The van der Waals surface area contributed by atoms with Crippen LogP contribution in [0.2, 0.25) is 0 Å². The maximum Gasteiger partial charge on any atom is 1.00 e. The van der Waals surface area contributed by atoms with E-state index in [4.69, 9.17) is 4.55 Å². The Morgan fingerprint density at radius 3 is 2.54 bits per heavy atom. The van der Waals surface area contributed by atoms with Crippen LogP contribution in [0, 0.1) is 6.92 Å². The number of hydrogen-bond donors (Lipinski definition) is 2. The van der Waals surface area contributed by atoms with Gasteiger partial charge in [0.1, 0.15) is 0 Å². The number of aryl methyl sites for hydroxylation is 1. The van der Waals surface area contributed by atoms with Crippen molar-refractivity contribution in [2.45, 2.75) is 6.92 Å². The van der Waals surface area contributed by atoms with Crippen LogP contribution in [-0.2, 0) is 10.3 Å². The van der Waals surface area contributed by atoms with Crippen LogP contribution < -0.4 is 34.3 Å². The minimum absolute atomic E-state index is 0. The first-order chi connectivity index (χ1) is 5.47. The van der Waals surface area contributed by atoms with Gasteiger partial charge in [0.2, 0.25) is 0 Å². The molecule has 13 heavy (non-hydrogen) atoms. The Balaban J connectivity index is 0. The summed E-state index contributed by atoms with van der Waals surface area (Å²) < 4.78 is 31.1. The first-order valence-corrected chi connectivity index (χ1v) is 4.73. The molecule has 0 aliphatic carbocycles. The molecule has 0 bridgehead atoms. The van der Waals surface area contributed by atoms with E-state index in [1.54, 1.807) is 18.2 Å². The van der Waals surface area contributed by atoms with Gasteiger partial charge in [-0.1, -0.05) is 12.1 Å². The third kappa shape index (κ3) is 5.28. The fraction of sp³-hybridized carbons (Fsp3) is 0.143.